The molecule has 0 amide bonds. The van der Waals surface area contributed by atoms with Crippen LogP contribution in [-0.4, -0.2) is 34.7 Å². The van der Waals surface area contributed by atoms with E-state index in [2.05, 4.69) is 36.4 Å². The molecular formula is C21H21BrN4O3S. The Labute approximate surface area is 187 Å². The number of ether oxygens (including phenoxy) is 3. The topological polar surface area (TPSA) is 78.4 Å². The first-order valence-corrected chi connectivity index (χ1v) is 11.3. The summed E-state index contributed by atoms with van der Waals surface area (Å²) in [4.78, 5) is 4.61. The van der Waals surface area contributed by atoms with Gasteiger partial charge in [-0.25, -0.2) is 0 Å². The molecule has 1 aliphatic heterocycles. The Kier molecular flexibility index (Phi) is 6.29. The molecule has 4 rings (SSSR count). The van der Waals surface area contributed by atoms with Crippen molar-refractivity contribution in [2.45, 2.75) is 25.2 Å². The zero-order valence-corrected chi connectivity index (χ0v) is 19.2. The second-order valence-electron chi connectivity index (χ2n) is 6.34. The predicted molar refractivity (Wildman–Crippen MR) is 121 cm³/mol. The van der Waals surface area contributed by atoms with Gasteiger partial charge >= 0.3 is 0 Å². The van der Waals surface area contributed by atoms with Gasteiger partial charge in [-0.1, -0.05) is 36.9 Å². The summed E-state index contributed by atoms with van der Waals surface area (Å²) in [6, 6.07) is 11.7. The van der Waals surface area contributed by atoms with Crippen LogP contribution >= 0.6 is 27.7 Å². The second-order valence-corrected chi connectivity index (χ2v) is 8.42. The minimum Gasteiger partial charge on any atom is -0.493 e. The molecule has 0 unspecified atom stereocenters. The van der Waals surface area contributed by atoms with Crippen molar-refractivity contribution in [2.75, 3.05) is 24.8 Å². The van der Waals surface area contributed by atoms with Crippen LogP contribution in [0.2, 0.25) is 0 Å². The largest absolute Gasteiger partial charge is 0.493 e. The fourth-order valence-corrected chi connectivity index (χ4v) is 4.24. The molecule has 9 heteroatoms. The number of aromatic nitrogens is 3. The molecule has 0 spiro atoms. The van der Waals surface area contributed by atoms with Crippen LogP contribution in [0.25, 0.3) is 11.3 Å². The number of rotatable bonds is 6. The van der Waals surface area contributed by atoms with Gasteiger partial charge in [-0.05, 0) is 46.8 Å². The van der Waals surface area contributed by atoms with Crippen molar-refractivity contribution in [1.82, 2.24) is 15.2 Å². The Morgan fingerprint density at radius 2 is 2.03 bits per heavy atom. The lowest BCUT2D eigenvalue weighted by atomic mass is 10.1. The van der Waals surface area contributed by atoms with Crippen LogP contribution in [0, 0.1) is 0 Å². The van der Waals surface area contributed by atoms with Crippen molar-refractivity contribution in [1.29, 1.82) is 0 Å². The molecule has 1 aromatic heterocycles. The van der Waals surface area contributed by atoms with Gasteiger partial charge in [0.15, 0.2) is 23.4 Å². The molecule has 0 aliphatic carbocycles. The molecule has 1 atom stereocenters. The van der Waals surface area contributed by atoms with E-state index in [9.17, 15) is 0 Å². The average molecular weight is 489 g/mol. The molecule has 0 bridgehead atoms. The molecule has 1 aliphatic rings. The summed E-state index contributed by atoms with van der Waals surface area (Å²) in [6.45, 7) is 4.51. The SMILES string of the molecule is CCOc1c(Br)cc([C@@H]2Nc3ccccc3-c3nnc(SCC)nc3O2)cc1OC. The maximum absolute atomic E-state index is 6.31. The Morgan fingerprint density at radius 1 is 1.20 bits per heavy atom. The van der Waals surface area contributed by atoms with Crippen molar-refractivity contribution in [3.63, 3.8) is 0 Å². The summed E-state index contributed by atoms with van der Waals surface area (Å²) < 4.78 is 18.4. The maximum atomic E-state index is 6.31. The number of nitrogens with zero attached hydrogens (tertiary/aromatic N) is 3. The van der Waals surface area contributed by atoms with Gasteiger partial charge in [0.25, 0.3) is 0 Å². The molecule has 2 heterocycles. The zero-order chi connectivity index (χ0) is 21.1. The molecule has 0 radical (unpaired) electrons. The summed E-state index contributed by atoms with van der Waals surface area (Å²) in [5.74, 6) is 2.56. The summed E-state index contributed by atoms with van der Waals surface area (Å²) in [5.41, 5.74) is 3.24. The maximum Gasteiger partial charge on any atom is 0.247 e. The van der Waals surface area contributed by atoms with Gasteiger partial charge in [0.2, 0.25) is 11.0 Å². The summed E-state index contributed by atoms with van der Waals surface area (Å²) >= 11 is 5.11. The van der Waals surface area contributed by atoms with E-state index in [-0.39, 0.29) is 0 Å². The van der Waals surface area contributed by atoms with E-state index in [4.69, 9.17) is 14.2 Å². The van der Waals surface area contributed by atoms with Gasteiger partial charge in [-0.3, -0.25) is 0 Å². The van der Waals surface area contributed by atoms with E-state index in [1.807, 2.05) is 50.2 Å². The zero-order valence-electron chi connectivity index (χ0n) is 16.8. The van der Waals surface area contributed by atoms with E-state index in [0.717, 1.165) is 27.0 Å². The molecule has 7 nitrogen and oxygen atoms in total. The van der Waals surface area contributed by atoms with Crippen LogP contribution in [0.3, 0.4) is 0 Å². The van der Waals surface area contributed by atoms with Gasteiger partial charge in [0, 0.05) is 16.8 Å². The fourth-order valence-electron chi connectivity index (χ4n) is 3.16. The third kappa shape index (κ3) is 4.04. The number of fused-ring (bicyclic) bond motifs is 3. The molecule has 3 aromatic rings. The molecule has 156 valence electrons. The van der Waals surface area contributed by atoms with E-state index in [1.165, 1.54) is 11.8 Å². The Balaban J connectivity index is 1.81. The van der Waals surface area contributed by atoms with Gasteiger partial charge in [-0.2, -0.15) is 4.98 Å². The first-order valence-electron chi connectivity index (χ1n) is 9.54. The number of hydrogen-bond acceptors (Lipinski definition) is 8. The van der Waals surface area contributed by atoms with Crippen LogP contribution in [-0.2, 0) is 0 Å². The molecule has 2 aromatic carbocycles. The Morgan fingerprint density at radius 3 is 2.80 bits per heavy atom. The molecule has 0 fully saturated rings. The lowest BCUT2D eigenvalue weighted by Crippen LogP contribution is -2.17. The smallest absolute Gasteiger partial charge is 0.247 e. The minimum atomic E-state index is -0.510. The fraction of sp³-hybridized carbons (Fsp3) is 0.286. The van der Waals surface area contributed by atoms with Gasteiger partial charge in [0.05, 0.1) is 18.2 Å². The van der Waals surface area contributed by atoms with E-state index < -0.39 is 6.23 Å². The van der Waals surface area contributed by atoms with Crippen LogP contribution in [0.1, 0.15) is 25.6 Å². The number of thioether (sulfide) groups is 1. The van der Waals surface area contributed by atoms with E-state index in [0.29, 0.717) is 34.8 Å². The lowest BCUT2D eigenvalue weighted by Gasteiger charge is -2.21. The highest BCUT2D eigenvalue weighted by atomic mass is 79.9. The van der Waals surface area contributed by atoms with E-state index >= 15 is 0 Å². The van der Waals surface area contributed by atoms with Crippen molar-refractivity contribution in [3.8, 4) is 28.6 Å². The standard InChI is InChI=1S/C21H21BrN4O3S/c1-4-28-18-14(22)10-12(11-16(18)27-3)19-23-15-9-7-6-8-13(15)17-20(29-19)24-21(26-25-17)30-5-2/h6-11,19,23H,4-5H2,1-3H3/t19-/m1/s1. The van der Waals surface area contributed by atoms with Crippen LogP contribution in [0.4, 0.5) is 5.69 Å². The number of para-hydroxylation sites is 1. The Hall–Kier alpha value is -2.52. The number of methoxy groups -OCH3 is 1. The van der Waals surface area contributed by atoms with Gasteiger partial charge < -0.3 is 19.5 Å². The van der Waals surface area contributed by atoms with Crippen LogP contribution in [0.15, 0.2) is 46.0 Å². The second kappa shape index (κ2) is 9.09. The highest BCUT2D eigenvalue weighted by Crippen LogP contribution is 2.43. The Bertz CT molecular complexity index is 1070. The average Bonchev–Trinajstić information content (AvgIpc) is 2.92. The van der Waals surface area contributed by atoms with E-state index in [1.54, 1.807) is 7.11 Å². The first kappa shape index (κ1) is 20.7. The predicted octanol–water partition coefficient (Wildman–Crippen LogP) is 5.32. The van der Waals surface area contributed by atoms with Crippen molar-refractivity contribution < 1.29 is 14.2 Å². The van der Waals surface area contributed by atoms with Crippen molar-refractivity contribution in [2.24, 2.45) is 0 Å². The highest BCUT2D eigenvalue weighted by molar-refractivity contribution is 9.10. The number of benzene rings is 2. The normalized spacial score (nSPS) is 14.6. The van der Waals surface area contributed by atoms with Crippen LogP contribution in [0.5, 0.6) is 17.4 Å². The molecule has 30 heavy (non-hydrogen) atoms. The molecule has 0 saturated carbocycles. The number of anilines is 1. The summed E-state index contributed by atoms with van der Waals surface area (Å²) in [5, 5.41) is 12.7. The molecule has 1 N–H and O–H groups in total. The highest BCUT2D eigenvalue weighted by Gasteiger charge is 2.27. The first-order chi connectivity index (χ1) is 14.6. The number of hydrogen-bond donors (Lipinski definition) is 1. The minimum absolute atomic E-state index is 0.437. The monoisotopic (exact) mass is 488 g/mol. The molecular weight excluding hydrogens is 468 g/mol. The van der Waals surface area contributed by atoms with Crippen molar-refractivity contribution in [3.05, 3.63) is 46.4 Å². The summed E-state index contributed by atoms with van der Waals surface area (Å²) in [7, 11) is 1.62. The summed E-state index contributed by atoms with van der Waals surface area (Å²) in [6.07, 6.45) is -0.510. The number of nitrogens with one attached hydrogen (secondary N) is 1. The van der Waals surface area contributed by atoms with Crippen molar-refractivity contribution >= 4 is 33.4 Å². The third-order valence-corrected chi connectivity index (χ3v) is 5.76. The van der Waals surface area contributed by atoms with Crippen LogP contribution < -0.4 is 19.5 Å². The number of halogens is 1. The third-order valence-electron chi connectivity index (χ3n) is 4.45. The lowest BCUT2D eigenvalue weighted by molar-refractivity contribution is 0.224. The van der Waals surface area contributed by atoms with Gasteiger partial charge in [-0.15, -0.1) is 10.2 Å². The quantitative estimate of drug-likeness (QED) is 0.466. The van der Waals surface area contributed by atoms with Gasteiger partial charge in [0.1, 0.15) is 0 Å². The molecule has 0 saturated heterocycles.